The molecule has 0 bridgehead atoms. The van der Waals surface area contributed by atoms with Crippen molar-refractivity contribution < 1.29 is 0 Å². The molecule has 0 spiro atoms. The molecule has 0 saturated carbocycles. The molecular weight excluding hydrogens is 298 g/mol. The number of benzene rings is 1. The van der Waals surface area contributed by atoms with Crippen LogP contribution in [-0.2, 0) is 20.0 Å². The Morgan fingerprint density at radius 1 is 1.27 bits per heavy atom. The second-order valence-corrected chi connectivity index (χ2v) is 5.63. The fourth-order valence-electron chi connectivity index (χ4n) is 2.90. The molecule has 5 nitrogen and oxygen atoms in total. The van der Waals surface area contributed by atoms with Crippen molar-refractivity contribution in [1.29, 1.82) is 0 Å². The Hall–Kier alpha value is -1.43. The van der Waals surface area contributed by atoms with Gasteiger partial charge in [-0.3, -0.25) is 9.58 Å². The molecule has 22 heavy (non-hydrogen) atoms. The van der Waals surface area contributed by atoms with E-state index in [4.69, 9.17) is 0 Å². The van der Waals surface area contributed by atoms with Crippen LogP contribution in [0.3, 0.4) is 0 Å². The van der Waals surface area contributed by atoms with Gasteiger partial charge in [-0.25, -0.2) is 0 Å². The number of halogens is 1. The largest absolute Gasteiger partial charge is 0.314 e. The van der Waals surface area contributed by atoms with E-state index < -0.39 is 0 Å². The summed E-state index contributed by atoms with van der Waals surface area (Å²) in [7, 11) is 1.95. The first-order chi connectivity index (χ1) is 10.3. The summed E-state index contributed by atoms with van der Waals surface area (Å²) in [6, 6.07) is 9.44. The first kappa shape index (κ1) is 16.9. The van der Waals surface area contributed by atoms with E-state index in [0.717, 1.165) is 38.3 Å². The molecule has 6 heteroatoms. The fourth-order valence-corrected chi connectivity index (χ4v) is 2.90. The van der Waals surface area contributed by atoms with Gasteiger partial charge in [0.05, 0.1) is 11.9 Å². The van der Waals surface area contributed by atoms with Crippen LogP contribution in [0.5, 0.6) is 0 Å². The van der Waals surface area contributed by atoms with Crippen molar-refractivity contribution in [2.45, 2.75) is 25.9 Å². The highest BCUT2D eigenvalue weighted by molar-refractivity contribution is 5.85. The van der Waals surface area contributed by atoms with Gasteiger partial charge in [0.15, 0.2) is 0 Å². The van der Waals surface area contributed by atoms with Crippen LogP contribution in [0.15, 0.2) is 30.5 Å². The third kappa shape index (κ3) is 3.66. The van der Waals surface area contributed by atoms with Gasteiger partial charge in [0, 0.05) is 39.3 Å². The van der Waals surface area contributed by atoms with Crippen LogP contribution < -0.4 is 5.32 Å². The lowest BCUT2D eigenvalue weighted by Crippen LogP contribution is -2.45. The Bertz CT molecular complexity index is 580. The van der Waals surface area contributed by atoms with Gasteiger partial charge in [-0.1, -0.05) is 36.4 Å². The average molecular weight is 322 g/mol. The number of aryl methyl sites for hydroxylation is 2. The second kappa shape index (κ2) is 7.72. The number of aromatic nitrogens is 3. The monoisotopic (exact) mass is 321 g/mol. The molecule has 1 saturated heterocycles. The molecule has 1 fully saturated rings. The van der Waals surface area contributed by atoms with Gasteiger partial charge >= 0.3 is 0 Å². The highest BCUT2D eigenvalue weighted by Gasteiger charge is 2.24. The molecular formula is C16H24ClN5. The summed E-state index contributed by atoms with van der Waals surface area (Å²) < 4.78 is 1.86. The molecule has 2 heterocycles. The van der Waals surface area contributed by atoms with Crippen LogP contribution in [0.25, 0.3) is 0 Å². The predicted octanol–water partition coefficient (Wildman–Crippen LogP) is 1.95. The third-order valence-electron chi connectivity index (χ3n) is 4.30. The van der Waals surface area contributed by atoms with Crippen molar-refractivity contribution in [3.05, 3.63) is 47.3 Å². The topological polar surface area (TPSA) is 46.0 Å². The Morgan fingerprint density at radius 2 is 2.05 bits per heavy atom. The van der Waals surface area contributed by atoms with Crippen LogP contribution in [0.1, 0.15) is 29.8 Å². The normalized spacial score (nSPS) is 18.9. The molecule has 0 amide bonds. The van der Waals surface area contributed by atoms with Crippen molar-refractivity contribution >= 4 is 12.4 Å². The Labute approximate surface area is 138 Å². The first-order valence-corrected chi connectivity index (χ1v) is 7.65. The highest BCUT2D eigenvalue weighted by Crippen LogP contribution is 2.24. The number of rotatable bonds is 4. The van der Waals surface area contributed by atoms with Crippen molar-refractivity contribution in [2.75, 3.05) is 19.6 Å². The third-order valence-corrected chi connectivity index (χ3v) is 4.30. The molecule has 120 valence electrons. The van der Waals surface area contributed by atoms with E-state index in [9.17, 15) is 0 Å². The van der Waals surface area contributed by atoms with E-state index in [1.165, 1.54) is 11.1 Å². The zero-order valence-corrected chi connectivity index (χ0v) is 14.0. The Kier molecular flexibility index (Phi) is 5.94. The van der Waals surface area contributed by atoms with E-state index in [0.29, 0.717) is 6.04 Å². The summed E-state index contributed by atoms with van der Waals surface area (Å²) >= 11 is 0. The Balaban J connectivity index is 0.00000176. The summed E-state index contributed by atoms with van der Waals surface area (Å²) in [5, 5.41) is 11.5. The number of nitrogens with one attached hydrogen (secondary N) is 1. The lowest BCUT2D eigenvalue weighted by molar-refractivity contribution is 0.150. The summed E-state index contributed by atoms with van der Waals surface area (Å²) in [4.78, 5) is 2.51. The minimum absolute atomic E-state index is 0. The standard InChI is InChI=1S/C16H23N5.ClH/c1-3-13-4-6-14(7-5-13)16-11-17-8-9-21(16)12-15-10-18-19-20(15)2;/h4-7,10,16-17H,3,8-9,11-12H2,1-2H3;1H. The highest BCUT2D eigenvalue weighted by atomic mass is 35.5. The van der Waals surface area contributed by atoms with Gasteiger partial charge in [0.2, 0.25) is 0 Å². The fraction of sp³-hybridized carbons (Fsp3) is 0.500. The van der Waals surface area contributed by atoms with Crippen molar-refractivity contribution in [2.24, 2.45) is 7.05 Å². The maximum atomic E-state index is 4.03. The lowest BCUT2D eigenvalue weighted by Gasteiger charge is -2.36. The van der Waals surface area contributed by atoms with Crippen LogP contribution in [0.4, 0.5) is 0 Å². The van der Waals surface area contributed by atoms with E-state index in [1.807, 2.05) is 17.9 Å². The van der Waals surface area contributed by atoms with Crippen molar-refractivity contribution in [3.63, 3.8) is 0 Å². The maximum Gasteiger partial charge on any atom is 0.0738 e. The lowest BCUT2D eigenvalue weighted by atomic mass is 10.0. The van der Waals surface area contributed by atoms with Gasteiger partial charge in [0.1, 0.15) is 0 Å². The number of nitrogens with zero attached hydrogens (tertiary/aromatic N) is 4. The average Bonchev–Trinajstić information content (AvgIpc) is 2.93. The molecule has 0 aliphatic carbocycles. The van der Waals surface area contributed by atoms with Gasteiger partial charge in [-0.2, -0.15) is 0 Å². The van der Waals surface area contributed by atoms with Gasteiger partial charge < -0.3 is 5.32 Å². The van der Waals surface area contributed by atoms with Crippen LogP contribution in [0.2, 0.25) is 0 Å². The number of hydrogen-bond acceptors (Lipinski definition) is 4. The van der Waals surface area contributed by atoms with Crippen LogP contribution >= 0.6 is 12.4 Å². The maximum absolute atomic E-state index is 4.03. The molecule has 1 aliphatic heterocycles. The molecule has 1 unspecified atom stereocenters. The molecule has 1 aromatic carbocycles. The van der Waals surface area contributed by atoms with Crippen molar-refractivity contribution in [1.82, 2.24) is 25.2 Å². The molecule has 1 atom stereocenters. The minimum atomic E-state index is 0. The number of hydrogen-bond donors (Lipinski definition) is 1. The van der Waals surface area contributed by atoms with Gasteiger partial charge in [-0.15, -0.1) is 17.5 Å². The van der Waals surface area contributed by atoms with Gasteiger partial charge in [-0.05, 0) is 17.5 Å². The molecule has 1 N–H and O–H groups in total. The Morgan fingerprint density at radius 3 is 2.68 bits per heavy atom. The molecule has 0 radical (unpaired) electrons. The van der Waals surface area contributed by atoms with E-state index in [-0.39, 0.29) is 12.4 Å². The van der Waals surface area contributed by atoms with Crippen LogP contribution in [-0.4, -0.2) is 39.5 Å². The first-order valence-electron chi connectivity index (χ1n) is 7.65. The zero-order chi connectivity index (χ0) is 14.7. The molecule has 1 aromatic heterocycles. The molecule has 3 rings (SSSR count). The number of piperazine rings is 1. The van der Waals surface area contributed by atoms with Crippen molar-refractivity contribution in [3.8, 4) is 0 Å². The molecule has 2 aromatic rings. The van der Waals surface area contributed by atoms with E-state index >= 15 is 0 Å². The quantitative estimate of drug-likeness (QED) is 0.935. The SMILES string of the molecule is CCc1ccc(C2CNCCN2Cc2cnnn2C)cc1.Cl. The minimum Gasteiger partial charge on any atom is -0.314 e. The summed E-state index contributed by atoms with van der Waals surface area (Å²) in [5.41, 5.74) is 3.94. The summed E-state index contributed by atoms with van der Waals surface area (Å²) in [6.07, 6.45) is 2.95. The smallest absolute Gasteiger partial charge is 0.0738 e. The summed E-state index contributed by atoms with van der Waals surface area (Å²) in [5.74, 6) is 0. The van der Waals surface area contributed by atoms with Gasteiger partial charge in [0.25, 0.3) is 0 Å². The molecule has 1 aliphatic rings. The summed E-state index contributed by atoms with van der Waals surface area (Å²) in [6.45, 7) is 6.17. The zero-order valence-electron chi connectivity index (χ0n) is 13.2. The van der Waals surface area contributed by atoms with Crippen LogP contribution in [0, 0.1) is 0 Å². The van der Waals surface area contributed by atoms with E-state index in [2.05, 4.69) is 51.7 Å². The second-order valence-electron chi connectivity index (χ2n) is 5.63. The van der Waals surface area contributed by atoms with E-state index in [1.54, 1.807) is 0 Å². The predicted molar refractivity (Wildman–Crippen MR) is 90.1 cm³/mol.